The minimum atomic E-state index is -0.316. The van der Waals surface area contributed by atoms with E-state index in [1.54, 1.807) is 0 Å². The van der Waals surface area contributed by atoms with E-state index in [-0.39, 0.29) is 11.9 Å². The van der Waals surface area contributed by atoms with Gasteiger partial charge in [0.2, 0.25) is 0 Å². The average molecular weight is 314 g/mol. The second kappa shape index (κ2) is 7.04. The first-order valence-corrected chi connectivity index (χ1v) is 8.21. The normalized spacial score (nSPS) is 21.5. The van der Waals surface area contributed by atoms with E-state index in [0.717, 1.165) is 19.5 Å². The lowest BCUT2D eigenvalue weighted by atomic mass is 10.2. The quantitative estimate of drug-likeness (QED) is 0.920. The number of aryl methyl sites for hydroxylation is 1. The number of rotatable bonds is 5. The average Bonchev–Trinajstić information content (AvgIpc) is 2.90. The number of nitrogens with zero attached hydrogens (tertiary/aromatic N) is 3. The zero-order valence-corrected chi connectivity index (χ0v) is 13.7. The van der Waals surface area contributed by atoms with Crippen molar-refractivity contribution in [3.05, 3.63) is 53.7 Å². The lowest BCUT2D eigenvalue weighted by molar-refractivity contribution is 0.259. The number of anilines is 1. The summed E-state index contributed by atoms with van der Waals surface area (Å²) in [4.78, 5) is 10.5. The molecule has 23 heavy (non-hydrogen) atoms. The third kappa shape index (κ3) is 3.67. The van der Waals surface area contributed by atoms with Crippen molar-refractivity contribution in [3.8, 4) is 0 Å². The molecule has 1 N–H and O–H groups in total. The van der Waals surface area contributed by atoms with Gasteiger partial charge in [-0.3, -0.25) is 4.90 Å². The molecule has 1 aromatic carbocycles. The van der Waals surface area contributed by atoms with Gasteiger partial charge in [0.25, 0.3) is 0 Å². The fourth-order valence-electron chi connectivity index (χ4n) is 3.19. The summed E-state index contributed by atoms with van der Waals surface area (Å²) in [7, 11) is 0. The van der Waals surface area contributed by atoms with Gasteiger partial charge < -0.3 is 5.32 Å². The van der Waals surface area contributed by atoms with Crippen molar-refractivity contribution in [1.29, 1.82) is 0 Å². The molecule has 1 aliphatic heterocycles. The lowest BCUT2D eigenvalue weighted by Crippen LogP contribution is -2.29. The number of hydrogen-bond acceptors (Lipinski definition) is 4. The van der Waals surface area contributed by atoms with Gasteiger partial charge in [0, 0.05) is 25.2 Å². The van der Waals surface area contributed by atoms with E-state index in [0.29, 0.717) is 24.0 Å². The molecule has 0 saturated carbocycles. The van der Waals surface area contributed by atoms with Crippen molar-refractivity contribution in [2.75, 3.05) is 11.9 Å². The molecule has 2 atom stereocenters. The number of hydrogen-bond donors (Lipinski definition) is 1. The van der Waals surface area contributed by atoms with Gasteiger partial charge in [0.15, 0.2) is 11.6 Å². The molecule has 1 aromatic heterocycles. The zero-order chi connectivity index (χ0) is 16.2. The van der Waals surface area contributed by atoms with Crippen molar-refractivity contribution in [3.63, 3.8) is 0 Å². The van der Waals surface area contributed by atoms with Crippen LogP contribution in [0.5, 0.6) is 0 Å². The second-order valence-corrected chi connectivity index (χ2v) is 6.18. The van der Waals surface area contributed by atoms with Gasteiger partial charge in [-0.2, -0.15) is 0 Å². The van der Waals surface area contributed by atoms with Crippen molar-refractivity contribution in [2.24, 2.45) is 0 Å². The lowest BCUT2D eigenvalue weighted by Gasteiger charge is -2.21. The Morgan fingerprint density at radius 1 is 1.26 bits per heavy atom. The maximum atomic E-state index is 14.3. The molecule has 2 aromatic rings. The van der Waals surface area contributed by atoms with E-state index in [9.17, 15) is 4.39 Å². The predicted octanol–water partition coefficient (Wildman–Crippen LogP) is 3.25. The van der Waals surface area contributed by atoms with Crippen LogP contribution in [0.4, 0.5) is 10.2 Å². The van der Waals surface area contributed by atoms with Gasteiger partial charge in [0.1, 0.15) is 6.33 Å². The Bertz CT molecular complexity index is 647. The third-order valence-electron chi connectivity index (χ3n) is 4.47. The SMILES string of the molecule is CCc1ncnc(NC2CC(C)N(Cc3ccccc3)C2)c1F. The molecule has 0 bridgehead atoms. The summed E-state index contributed by atoms with van der Waals surface area (Å²) in [6.45, 7) is 5.93. The fourth-order valence-corrected chi connectivity index (χ4v) is 3.19. The molecule has 0 radical (unpaired) electrons. The van der Waals surface area contributed by atoms with Crippen LogP contribution >= 0.6 is 0 Å². The van der Waals surface area contributed by atoms with Gasteiger partial charge in [0.05, 0.1) is 5.69 Å². The smallest absolute Gasteiger partial charge is 0.186 e. The summed E-state index contributed by atoms with van der Waals surface area (Å²) in [6.07, 6.45) is 2.99. The van der Waals surface area contributed by atoms with Crippen LogP contribution < -0.4 is 5.32 Å². The van der Waals surface area contributed by atoms with Crippen LogP contribution in [0.1, 0.15) is 31.5 Å². The summed E-state index contributed by atoms with van der Waals surface area (Å²) < 4.78 is 14.3. The fraction of sp³-hybridized carbons (Fsp3) is 0.444. The first kappa shape index (κ1) is 15.9. The van der Waals surface area contributed by atoms with Crippen molar-refractivity contribution >= 4 is 5.82 Å². The molecule has 1 saturated heterocycles. The topological polar surface area (TPSA) is 41.1 Å². The largest absolute Gasteiger partial charge is 0.363 e. The Morgan fingerprint density at radius 3 is 2.78 bits per heavy atom. The van der Waals surface area contributed by atoms with Crippen molar-refractivity contribution in [2.45, 2.75) is 45.3 Å². The van der Waals surface area contributed by atoms with Gasteiger partial charge >= 0.3 is 0 Å². The van der Waals surface area contributed by atoms with Crippen LogP contribution in [0.25, 0.3) is 0 Å². The van der Waals surface area contributed by atoms with Crippen LogP contribution in [-0.4, -0.2) is 33.5 Å². The van der Waals surface area contributed by atoms with Gasteiger partial charge in [-0.25, -0.2) is 14.4 Å². The standard InChI is InChI=1S/C18H23FN4/c1-3-16-17(19)18(21-12-20-16)22-15-9-13(2)23(11-15)10-14-7-5-4-6-8-14/h4-8,12-13,15H,3,9-11H2,1-2H3,(H,20,21,22). The molecule has 2 unspecified atom stereocenters. The van der Waals surface area contributed by atoms with Crippen LogP contribution in [0.15, 0.2) is 36.7 Å². The molecule has 4 nitrogen and oxygen atoms in total. The van der Waals surface area contributed by atoms with Crippen LogP contribution in [0, 0.1) is 5.82 Å². The molecular formula is C18H23FN4. The highest BCUT2D eigenvalue weighted by Gasteiger charge is 2.29. The summed E-state index contributed by atoms with van der Waals surface area (Å²) in [5.74, 6) is 0.0137. The zero-order valence-electron chi connectivity index (χ0n) is 13.7. The number of halogens is 1. The molecule has 122 valence electrons. The summed E-state index contributed by atoms with van der Waals surface area (Å²) in [5.41, 5.74) is 1.77. The minimum absolute atomic E-state index is 0.211. The predicted molar refractivity (Wildman–Crippen MR) is 89.7 cm³/mol. The van der Waals surface area contributed by atoms with Crippen LogP contribution in [0.2, 0.25) is 0 Å². The first-order chi connectivity index (χ1) is 11.2. The van der Waals surface area contributed by atoms with Crippen molar-refractivity contribution < 1.29 is 4.39 Å². The molecule has 5 heteroatoms. The van der Waals surface area contributed by atoms with Crippen LogP contribution in [0.3, 0.4) is 0 Å². The maximum Gasteiger partial charge on any atom is 0.186 e. The maximum absolute atomic E-state index is 14.3. The van der Waals surface area contributed by atoms with Crippen LogP contribution in [-0.2, 0) is 13.0 Å². The molecular weight excluding hydrogens is 291 g/mol. The molecule has 3 rings (SSSR count). The first-order valence-electron chi connectivity index (χ1n) is 8.21. The number of likely N-dealkylation sites (tertiary alicyclic amines) is 1. The molecule has 1 fully saturated rings. The number of nitrogens with one attached hydrogen (secondary N) is 1. The highest BCUT2D eigenvalue weighted by atomic mass is 19.1. The highest BCUT2D eigenvalue weighted by molar-refractivity contribution is 5.39. The Morgan fingerprint density at radius 2 is 2.04 bits per heavy atom. The molecule has 0 aliphatic carbocycles. The minimum Gasteiger partial charge on any atom is -0.363 e. The molecule has 0 spiro atoms. The van der Waals surface area contributed by atoms with Gasteiger partial charge in [-0.15, -0.1) is 0 Å². The summed E-state index contributed by atoms with van der Waals surface area (Å²) in [5, 5.41) is 3.26. The van der Waals surface area contributed by atoms with E-state index in [2.05, 4.69) is 51.4 Å². The highest BCUT2D eigenvalue weighted by Crippen LogP contribution is 2.24. The number of benzene rings is 1. The third-order valence-corrected chi connectivity index (χ3v) is 4.47. The van der Waals surface area contributed by atoms with Crippen molar-refractivity contribution in [1.82, 2.24) is 14.9 Å². The summed E-state index contributed by atoms with van der Waals surface area (Å²) >= 11 is 0. The number of aromatic nitrogens is 2. The Labute approximate surface area is 136 Å². The van der Waals surface area contributed by atoms with E-state index in [4.69, 9.17) is 0 Å². The molecule has 2 heterocycles. The Kier molecular flexibility index (Phi) is 4.86. The second-order valence-electron chi connectivity index (χ2n) is 6.18. The summed E-state index contributed by atoms with van der Waals surface area (Å²) in [6, 6.07) is 11.1. The van der Waals surface area contributed by atoms with E-state index >= 15 is 0 Å². The van der Waals surface area contributed by atoms with Gasteiger partial charge in [-0.1, -0.05) is 37.3 Å². The van der Waals surface area contributed by atoms with Gasteiger partial charge in [-0.05, 0) is 25.3 Å². The monoisotopic (exact) mass is 314 g/mol. The Balaban J connectivity index is 1.65. The van der Waals surface area contributed by atoms with E-state index < -0.39 is 0 Å². The van der Waals surface area contributed by atoms with E-state index in [1.165, 1.54) is 11.9 Å². The Hall–Kier alpha value is -2.01. The van der Waals surface area contributed by atoms with E-state index in [1.807, 2.05) is 13.0 Å². The molecule has 0 amide bonds. The molecule has 1 aliphatic rings.